The highest BCUT2D eigenvalue weighted by molar-refractivity contribution is 6.55. The molecule has 0 bridgehead atoms. The fraction of sp³-hybridized carbons (Fsp3) is 0.471. The van der Waals surface area contributed by atoms with E-state index in [-0.39, 0.29) is 5.78 Å². The van der Waals surface area contributed by atoms with Gasteiger partial charge in [0.05, 0.1) is 16.2 Å². The van der Waals surface area contributed by atoms with Crippen molar-refractivity contribution >= 4 is 30.6 Å². The van der Waals surface area contributed by atoms with Crippen LogP contribution < -0.4 is 5.73 Å². The normalized spacial score (nSPS) is 20.0. The summed E-state index contributed by atoms with van der Waals surface area (Å²) in [6.07, 6.45) is 1.89. The molecule has 0 radical (unpaired) electrons. The lowest BCUT2D eigenvalue weighted by Crippen LogP contribution is -2.41. The number of carbonyl (C=O) groups excluding carboxylic acids is 1. The molecule has 0 saturated carbocycles. The van der Waals surface area contributed by atoms with E-state index in [0.29, 0.717) is 17.1 Å². The number of rotatable bonds is 4. The zero-order valence-electron chi connectivity index (χ0n) is 14.3. The van der Waals surface area contributed by atoms with Gasteiger partial charge in [-0.3, -0.25) is 4.79 Å². The average Bonchev–Trinajstić information content (AvgIpc) is 2.66. The Morgan fingerprint density at radius 3 is 2.30 bits per heavy atom. The summed E-state index contributed by atoms with van der Waals surface area (Å²) >= 11 is 6.05. The van der Waals surface area contributed by atoms with E-state index in [0.717, 1.165) is 11.0 Å². The molecule has 1 fully saturated rings. The summed E-state index contributed by atoms with van der Waals surface area (Å²) in [4.78, 5) is 11.6. The number of hydrogen-bond acceptors (Lipinski definition) is 4. The summed E-state index contributed by atoms with van der Waals surface area (Å²) in [6.45, 7) is 9.78. The van der Waals surface area contributed by atoms with Crippen molar-refractivity contribution in [1.29, 1.82) is 0 Å². The topological polar surface area (TPSA) is 61.6 Å². The fourth-order valence-corrected chi connectivity index (χ4v) is 2.58. The molecule has 0 aliphatic carbocycles. The lowest BCUT2D eigenvalue weighted by molar-refractivity contribution is 0.00578. The Balaban J connectivity index is 2.34. The van der Waals surface area contributed by atoms with Gasteiger partial charge in [-0.05, 0) is 57.8 Å². The summed E-state index contributed by atoms with van der Waals surface area (Å²) < 4.78 is 12.1. The molecule has 1 heterocycles. The maximum atomic E-state index is 11.6. The van der Waals surface area contributed by atoms with Crippen LogP contribution in [0.2, 0.25) is 5.02 Å². The largest absolute Gasteiger partial charge is 0.491 e. The number of hydrogen-bond donors (Lipinski definition) is 1. The molecule has 2 N–H and O–H groups in total. The Bertz CT molecular complexity index is 639. The molecule has 4 nitrogen and oxygen atoms in total. The van der Waals surface area contributed by atoms with Gasteiger partial charge in [0, 0.05) is 12.1 Å². The van der Waals surface area contributed by atoms with Crippen molar-refractivity contribution < 1.29 is 14.1 Å². The molecule has 0 atom stereocenters. The Morgan fingerprint density at radius 1 is 1.26 bits per heavy atom. The third-order valence-electron chi connectivity index (χ3n) is 4.51. The minimum absolute atomic E-state index is 0.0739. The highest BCUT2D eigenvalue weighted by Crippen LogP contribution is 2.38. The van der Waals surface area contributed by atoms with Gasteiger partial charge < -0.3 is 15.0 Å². The molecule has 0 unspecified atom stereocenters. The van der Waals surface area contributed by atoms with E-state index < -0.39 is 18.3 Å². The quantitative estimate of drug-likeness (QED) is 0.675. The van der Waals surface area contributed by atoms with Gasteiger partial charge in [0.15, 0.2) is 5.78 Å². The van der Waals surface area contributed by atoms with Crippen molar-refractivity contribution in [3.05, 3.63) is 39.8 Å². The summed E-state index contributed by atoms with van der Waals surface area (Å²) in [7, 11) is -0.499. The Kier molecular flexibility index (Phi) is 5.07. The molecule has 1 aromatic carbocycles. The zero-order chi connectivity index (χ0) is 17.4. The molecule has 0 amide bonds. The highest BCUT2D eigenvalue weighted by atomic mass is 35.5. The third kappa shape index (κ3) is 3.69. The number of ketones is 1. The molecule has 1 aromatic rings. The van der Waals surface area contributed by atoms with Gasteiger partial charge >= 0.3 is 7.12 Å². The number of nitrogens with two attached hydrogens (primary N) is 1. The summed E-state index contributed by atoms with van der Waals surface area (Å²) in [5.74, 6) is -0.0739. The van der Waals surface area contributed by atoms with Crippen molar-refractivity contribution in [2.75, 3.05) is 6.54 Å². The Morgan fingerprint density at radius 2 is 1.83 bits per heavy atom. The second-order valence-electron chi connectivity index (χ2n) is 6.81. The van der Waals surface area contributed by atoms with Crippen LogP contribution in [-0.2, 0) is 9.31 Å². The van der Waals surface area contributed by atoms with Crippen molar-refractivity contribution in [2.45, 2.75) is 45.8 Å². The minimum Gasteiger partial charge on any atom is -0.400 e. The van der Waals surface area contributed by atoms with Crippen LogP contribution in [0.4, 0.5) is 0 Å². The average molecular weight is 336 g/mol. The first-order valence-corrected chi connectivity index (χ1v) is 8.02. The van der Waals surface area contributed by atoms with E-state index in [2.05, 4.69) is 0 Å². The molecule has 124 valence electrons. The first-order valence-electron chi connectivity index (χ1n) is 7.64. The predicted molar refractivity (Wildman–Crippen MR) is 94.6 cm³/mol. The molecule has 23 heavy (non-hydrogen) atoms. The van der Waals surface area contributed by atoms with Crippen LogP contribution in [-0.4, -0.2) is 30.6 Å². The number of carbonyl (C=O) groups is 1. The van der Waals surface area contributed by atoms with Crippen molar-refractivity contribution in [1.82, 2.24) is 0 Å². The van der Waals surface area contributed by atoms with Crippen molar-refractivity contribution in [3.63, 3.8) is 0 Å². The van der Waals surface area contributed by atoms with E-state index in [1.54, 1.807) is 12.1 Å². The van der Waals surface area contributed by atoms with Crippen molar-refractivity contribution in [3.8, 4) is 0 Å². The molecular weight excluding hydrogens is 312 g/mol. The number of halogens is 1. The van der Waals surface area contributed by atoms with E-state index in [9.17, 15) is 4.79 Å². The molecular formula is C17H23BClNO3. The standard InChI is InChI=1S/C17H23BClNO3/c1-11(21)14-9-12(6-7-15(14)19)8-13(10-20)18-22-16(2,3)17(4,5)23-18/h6-9H,10,20H2,1-5H3. The summed E-state index contributed by atoms with van der Waals surface area (Å²) in [5.41, 5.74) is 7.20. The second-order valence-corrected chi connectivity index (χ2v) is 7.21. The van der Waals surface area contributed by atoms with Gasteiger partial charge in [-0.15, -0.1) is 0 Å². The van der Waals surface area contributed by atoms with Gasteiger partial charge in [-0.1, -0.05) is 23.7 Å². The fourth-order valence-electron chi connectivity index (χ4n) is 2.33. The van der Waals surface area contributed by atoms with Crippen LogP contribution in [0, 0.1) is 0 Å². The lowest BCUT2D eigenvalue weighted by Gasteiger charge is -2.32. The van der Waals surface area contributed by atoms with Gasteiger partial charge in [0.1, 0.15) is 0 Å². The lowest BCUT2D eigenvalue weighted by atomic mass is 9.77. The van der Waals surface area contributed by atoms with Gasteiger partial charge in [-0.2, -0.15) is 0 Å². The van der Waals surface area contributed by atoms with Gasteiger partial charge in [0.2, 0.25) is 0 Å². The van der Waals surface area contributed by atoms with Crippen LogP contribution >= 0.6 is 11.6 Å². The monoisotopic (exact) mass is 335 g/mol. The SMILES string of the molecule is CC(=O)c1cc(C=C(CN)B2OC(C)(C)C(C)(C)O2)ccc1Cl. The van der Waals surface area contributed by atoms with Crippen LogP contribution in [0.25, 0.3) is 6.08 Å². The predicted octanol–water partition coefficient (Wildman–Crippen LogP) is 3.52. The van der Waals surface area contributed by atoms with Crippen LogP contribution in [0.3, 0.4) is 0 Å². The molecule has 1 aliphatic rings. The molecule has 0 aromatic heterocycles. The number of Topliss-reactive ketones (excluding diaryl/α,β-unsaturated/α-hetero) is 1. The Labute approximate surface area is 143 Å². The molecule has 0 spiro atoms. The van der Waals surface area contributed by atoms with Gasteiger partial charge in [-0.25, -0.2) is 0 Å². The van der Waals surface area contributed by atoms with Crippen LogP contribution in [0.5, 0.6) is 0 Å². The first-order chi connectivity index (χ1) is 10.6. The van der Waals surface area contributed by atoms with E-state index >= 15 is 0 Å². The summed E-state index contributed by atoms with van der Waals surface area (Å²) in [5, 5.41) is 0.444. The van der Waals surface area contributed by atoms with Gasteiger partial charge in [0.25, 0.3) is 0 Å². The van der Waals surface area contributed by atoms with Crippen LogP contribution in [0.15, 0.2) is 23.7 Å². The smallest absolute Gasteiger partial charge is 0.400 e. The van der Waals surface area contributed by atoms with Crippen molar-refractivity contribution in [2.24, 2.45) is 5.73 Å². The molecule has 1 saturated heterocycles. The maximum absolute atomic E-state index is 11.6. The molecule has 1 aliphatic heterocycles. The minimum atomic E-state index is -0.499. The second kappa shape index (κ2) is 6.40. The zero-order valence-corrected chi connectivity index (χ0v) is 15.0. The highest BCUT2D eigenvalue weighted by Gasteiger charge is 2.52. The Hall–Kier alpha value is -1.14. The first kappa shape index (κ1) is 18.2. The summed E-state index contributed by atoms with van der Waals surface area (Å²) in [6, 6.07) is 5.31. The maximum Gasteiger partial charge on any atom is 0.491 e. The van der Waals surface area contributed by atoms with E-state index in [1.807, 2.05) is 39.8 Å². The molecule has 6 heteroatoms. The van der Waals surface area contributed by atoms with E-state index in [1.165, 1.54) is 6.92 Å². The number of benzene rings is 1. The van der Waals surface area contributed by atoms with Crippen LogP contribution in [0.1, 0.15) is 50.5 Å². The van der Waals surface area contributed by atoms with E-state index in [4.69, 9.17) is 26.6 Å². The molecule has 2 rings (SSSR count). The third-order valence-corrected chi connectivity index (χ3v) is 4.84.